The van der Waals surface area contributed by atoms with E-state index in [-0.39, 0.29) is 5.92 Å². The molecule has 0 fully saturated rings. The lowest BCUT2D eigenvalue weighted by molar-refractivity contribution is 0.928. The molecule has 1 atom stereocenters. The zero-order chi connectivity index (χ0) is 11.1. The van der Waals surface area contributed by atoms with Crippen molar-refractivity contribution in [3.05, 3.63) is 23.3 Å². The van der Waals surface area contributed by atoms with Gasteiger partial charge in [0.25, 0.3) is 0 Å². The molecule has 0 radical (unpaired) electrons. The van der Waals surface area contributed by atoms with E-state index in [1.807, 2.05) is 20.8 Å². The summed E-state index contributed by atoms with van der Waals surface area (Å²) in [6, 6.07) is 0. The summed E-state index contributed by atoms with van der Waals surface area (Å²) in [5, 5.41) is 7.13. The average Bonchev–Trinajstić information content (AvgIpc) is 2.22. The summed E-state index contributed by atoms with van der Waals surface area (Å²) in [6.45, 7) is 10.2. The van der Waals surface area contributed by atoms with Gasteiger partial charge in [0, 0.05) is 18.3 Å². The van der Waals surface area contributed by atoms with Gasteiger partial charge in [0.05, 0.1) is 6.67 Å². The van der Waals surface area contributed by atoms with E-state index in [1.54, 1.807) is 6.21 Å². The summed E-state index contributed by atoms with van der Waals surface area (Å²) in [4.78, 5) is 3.97. The minimum absolute atomic E-state index is 0.174. The Kier molecular flexibility index (Phi) is 5.72. The number of nitrogens with zero attached hydrogens (tertiary/aromatic N) is 1. The van der Waals surface area contributed by atoms with Crippen molar-refractivity contribution in [1.82, 2.24) is 0 Å². The van der Waals surface area contributed by atoms with Gasteiger partial charge < -0.3 is 11.1 Å². The highest BCUT2D eigenvalue weighted by atomic mass is 14.8. The van der Waals surface area contributed by atoms with E-state index < -0.39 is 0 Å². The van der Waals surface area contributed by atoms with Crippen molar-refractivity contribution in [3.8, 4) is 0 Å². The smallest absolute Gasteiger partial charge is 0.0855 e. The third-order valence-electron chi connectivity index (χ3n) is 2.27. The molecule has 14 heavy (non-hydrogen) atoms. The molecule has 0 aliphatic rings. The molecule has 3 nitrogen and oxygen atoms in total. The molecule has 0 heterocycles. The molecule has 0 unspecified atom stereocenters. The molecule has 0 aliphatic carbocycles. The van der Waals surface area contributed by atoms with E-state index in [1.165, 1.54) is 6.21 Å². The Morgan fingerprint density at radius 2 is 2.14 bits per heavy atom. The molecule has 0 aromatic heterocycles. The van der Waals surface area contributed by atoms with Crippen LogP contribution >= 0.6 is 0 Å². The molecule has 0 rings (SSSR count). The minimum atomic E-state index is 0.174. The molecule has 0 aromatic carbocycles. The van der Waals surface area contributed by atoms with Crippen LogP contribution in [-0.4, -0.2) is 19.1 Å². The van der Waals surface area contributed by atoms with Crippen LogP contribution in [0, 0.1) is 11.3 Å². The highest BCUT2D eigenvalue weighted by molar-refractivity contribution is 5.78. The van der Waals surface area contributed by atoms with E-state index in [0.717, 1.165) is 16.7 Å². The topological polar surface area (TPSA) is 62.2 Å². The Balaban J connectivity index is 4.63. The first-order valence-corrected chi connectivity index (χ1v) is 4.61. The second kappa shape index (κ2) is 6.27. The molecule has 0 bridgehead atoms. The van der Waals surface area contributed by atoms with Crippen LogP contribution in [0.5, 0.6) is 0 Å². The van der Waals surface area contributed by atoms with Crippen molar-refractivity contribution in [2.45, 2.75) is 20.8 Å². The predicted molar refractivity (Wildman–Crippen MR) is 63.0 cm³/mol. The molecule has 3 heteroatoms. The van der Waals surface area contributed by atoms with Gasteiger partial charge in [-0.25, -0.2) is 0 Å². The van der Waals surface area contributed by atoms with Crippen LogP contribution in [0.4, 0.5) is 0 Å². The van der Waals surface area contributed by atoms with Crippen LogP contribution in [0.2, 0.25) is 0 Å². The molecule has 0 aliphatic heterocycles. The molecular formula is C11H19N3. The number of aliphatic imine (C=N–C) groups is 1. The molecule has 0 saturated carbocycles. The van der Waals surface area contributed by atoms with E-state index >= 15 is 0 Å². The maximum absolute atomic E-state index is 7.13. The molecule has 3 N–H and O–H groups in total. The van der Waals surface area contributed by atoms with Gasteiger partial charge in [-0.1, -0.05) is 13.5 Å². The van der Waals surface area contributed by atoms with Crippen LogP contribution in [0.3, 0.4) is 0 Å². The first-order valence-electron chi connectivity index (χ1n) is 4.61. The van der Waals surface area contributed by atoms with Gasteiger partial charge in [0.1, 0.15) is 0 Å². The van der Waals surface area contributed by atoms with Crippen LogP contribution in [0.25, 0.3) is 0 Å². The lowest BCUT2D eigenvalue weighted by atomic mass is 9.94. The van der Waals surface area contributed by atoms with Gasteiger partial charge in [0.2, 0.25) is 0 Å². The largest absolute Gasteiger partial charge is 0.312 e. The third kappa shape index (κ3) is 3.66. The van der Waals surface area contributed by atoms with E-state index in [0.29, 0.717) is 6.67 Å². The van der Waals surface area contributed by atoms with Crippen molar-refractivity contribution >= 4 is 12.4 Å². The van der Waals surface area contributed by atoms with E-state index in [2.05, 4.69) is 11.6 Å². The Morgan fingerprint density at radius 1 is 1.57 bits per heavy atom. The second-order valence-corrected chi connectivity index (χ2v) is 3.28. The van der Waals surface area contributed by atoms with Crippen molar-refractivity contribution in [3.63, 3.8) is 0 Å². The quantitative estimate of drug-likeness (QED) is 0.510. The van der Waals surface area contributed by atoms with Gasteiger partial charge in [-0.3, -0.25) is 4.99 Å². The maximum atomic E-state index is 7.13. The van der Waals surface area contributed by atoms with Gasteiger partial charge in [-0.15, -0.1) is 0 Å². The van der Waals surface area contributed by atoms with Crippen LogP contribution in [-0.2, 0) is 0 Å². The van der Waals surface area contributed by atoms with Crippen molar-refractivity contribution in [2.24, 2.45) is 16.6 Å². The third-order valence-corrected chi connectivity index (χ3v) is 2.27. The molecule has 78 valence electrons. The summed E-state index contributed by atoms with van der Waals surface area (Å²) < 4.78 is 0. The minimum Gasteiger partial charge on any atom is -0.312 e. The van der Waals surface area contributed by atoms with Crippen molar-refractivity contribution in [1.29, 1.82) is 5.41 Å². The van der Waals surface area contributed by atoms with Gasteiger partial charge >= 0.3 is 0 Å². The Hall–Kier alpha value is -1.22. The Labute approximate surface area is 85.9 Å². The van der Waals surface area contributed by atoms with Gasteiger partial charge in [-0.2, -0.15) is 0 Å². The zero-order valence-electron chi connectivity index (χ0n) is 9.17. The fraction of sp³-hybridized carbons (Fsp3) is 0.455. The molecular weight excluding hydrogens is 174 g/mol. The molecule has 0 saturated heterocycles. The zero-order valence-corrected chi connectivity index (χ0v) is 9.17. The summed E-state index contributed by atoms with van der Waals surface area (Å²) >= 11 is 0. The standard InChI is InChI=1S/C11H19N3/c1-8(5-12)10(3)11(4)9(2)6-14-7-13/h5-6,9,12H,4,7,13H2,1-3H3/b10-8-,12-5?,14-6+/t9-/m0/s1. The number of nitrogens with one attached hydrogen (secondary N) is 1. The Morgan fingerprint density at radius 3 is 2.57 bits per heavy atom. The predicted octanol–water partition coefficient (Wildman–Crippen LogP) is 2.15. The van der Waals surface area contributed by atoms with Crippen LogP contribution < -0.4 is 5.73 Å². The summed E-state index contributed by atoms with van der Waals surface area (Å²) in [6.07, 6.45) is 3.14. The summed E-state index contributed by atoms with van der Waals surface area (Å²) in [5.41, 5.74) is 8.24. The molecule has 0 amide bonds. The lowest BCUT2D eigenvalue weighted by Gasteiger charge is -2.12. The normalized spacial score (nSPS) is 15.1. The lowest BCUT2D eigenvalue weighted by Crippen LogP contribution is -2.05. The SMILES string of the molecule is C=C(/C(C)=C(/C)C=N)[C@@H](C)/C=N/CN. The average molecular weight is 193 g/mol. The van der Waals surface area contributed by atoms with Crippen molar-refractivity contribution < 1.29 is 0 Å². The fourth-order valence-corrected chi connectivity index (χ4v) is 1.01. The van der Waals surface area contributed by atoms with Crippen LogP contribution in [0.15, 0.2) is 28.3 Å². The van der Waals surface area contributed by atoms with Gasteiger partial charge in [-0.05, 0) is 30.6 Å². The summed E-state index contributed by atoms with van der Waals surface area (Å²) in [7, 11) is 0. The number of rotatable bonds is 5. The number of allylic oxidation sites excluding steroid dienone is 3. The first-order chi connectivity index (χ1) is 6.54. The highest BCUT2D eigenvalue weighted by Gasteiger charge is 2.06. The second-order valence-electron chi connectivity index (χ2n) is 3.28. The highest BCUT2D eigenvalue weighted by Crippen LogP contribution is 2.18. The molecule has 0 spiro atoms. The first kappa shape index (κ1) is 12.8. The van der Waals surface area contributed by atoms with E-state index in [4.69, 9.17) is 11.1 Å². The number of nitrogens with two attached hydrogens (primary N) is 1. The van der Waals surface area contributed by atoms with Gasteiger partial charge in [0.15, 0.2) is 0 Å². The van der Waals surface area contributed by atoms with E-state index in [9.17, 15) is 0 Å². The fourth-order valence-electron chi connectivity index (χ4n) is 1.01. The van der Waals surface area contributed by atoms with Crippen LogP contribution in [0.1, 0.15) is 20.8 Å². The monoisotopic (exact) mass is 193 g/mol. The summed E-state index contributed by atoms with van der Waals surface area (Å²) in [5.74, 6) is 0.174. The molecule has 0 aromatic rings. The number of hydrogen-bond acceptors (Lipinski definition) is 3. The number of hydrogen-bond donors (Lipinski definition) is 2. The maximum Gasteiger partial charge on any atom is 0.0855 e. The Bertz CT molecular complexity index is 274. The van der Waals surface area contributed by atoms with Crippen molar-refractivity contribution in [2.75, 3.05) is 6.67 Å².